The zero-order chi connectivity index (χ0) is 19.4. The molecule has 9 heteroatoms. The number of H-pyrrole nitrogens is 1. The fourth-order valence-corrected chi connectivity index (χ4v) is 2.90. The van der Waals surface area contributed by atoms with Crippen LogP contribution in [0.4, 0.5) is 10.5 Å². The van der Waals surface area contributed by atoms with Crippen LogP contribution in [0.25, 0.3) is 10.9 Å². The molecular weight excluding hydrogens is 348 g/mol. The van der Waals surface area contributed by atoms with Gasteiger partial charge in [0.05, 0.1) is 18.2 Å². The maximum Gasteiger partial charge on any atom is 0.319 e. The number of anilines is 1. The molecule has 2 aromatic heterocycles. The van der Waals surface area contributed by atoms with Gasteiger partial charge in [-0.1, -0.05) is 6.07 Å². The molecule has 9 nitrogen and oxygen atoms in total. The highest BCUT2D eigenvalue weighted by Crippen LogP contribution is 2.19. The Bertz CT molecular complexity index is 1010. The molecule has 3 aromatic rings. The van der Waals surface area contributed by atoms with E-state index in [1.165, 1.54) is 0 Å². The lowest BCUT2D eigenvalue weighted by molar-refractivity contribution is 0.185. The van der Waals surface area contributed by atoms with E-state index in [9.17, 15) is 9.59 Å². The summed E-state index contributed by atoms with van der Waals surface area (Å²) in [6.07, 6.45) is 1.60. The monoisotopic (exact) mass is 370 g/mol. The molecule has 0 unspecified atom stereocenters. The van der Waals surface area contributed by atoms with Crippen molar-refractivity contribution >= 4 is 22.6 Å². The highest BCUT2D eigenvalue weighted by molar-refractivity contribution is 5.93. The van der Waals surface area contributed by atoms with E-state index in [4.69, 9.17) is 4.74 Å². The summed E-state index contributed by atoms with van der Waals surface area (Å²) in [6.45, 7) is 4.83. The second kappa shape index (κ2) is 8.00. The van der Waals surface area contributed by atoms with Crippen molar-refractivity contribution in [3.05, 3.63) is 52.3 Å². The Hall–Kier alpha value is -3.20. The minimum Gasteiger partial charge on any atom is -0.383 e. The number of aromatic nitrogens is 4. The molecule has 142 valence electrons. The first-order chi connectivity index (χ1) is 13.0. The third-order valence-electron chi connectivity index (χ3n) is 4.22. The van der Waals surface area contributed by atoms with Crippen molar-refractivity contribution in [1.82, 2.24) is 25.1 Å². The number of methoxy groups -OCH3 is 1. The van der Waals surface area contributed by atoms with E-state index in [-0.39, 0.29) is 17.6 Å². The number of benzene rings is 1. The van der Waals surface area contributed by atoms with Crippen molar-refractivity contribution in [2.24, 2.45) is 0 Å². The molecule has 3 rings (SSSR count). The SMILES string of the molecule is COCCn1cnnc1[C@@H](C)NC(=O)Nc1ccc2c(C)cc(=O)[nH]c2c1. The van der Waals surface area contributed by atoms with E-state index >= 15 is 0 Å². The Kier molecular flexibility index (Phi) is 5.51. The van der Waals surface area contributed by atoms with E-state index in [2.05, 4.69) is 25.8 Å². The highest BCUT2D eigenvalue weighted by atomic mass is 16.5. The fourth-order valence-electron chi connectivity index (χ4n) is 2.90. The Labute approximate surface area is 155 Å². The van der Waals surface area contributed by atoms with Crippen LogP contribution in [-0.4, -0.2) is 39.5 Å². The van der Waals surface area contributed by atoms with Crippen molar-refractivity contribution in [2.45, 2.75) is 26.4 Å². The minimum atomic E-state index is -0.377. The summed E-state index contributed by atoms with van der Waals surface area (Å²) < 4.78 is 6.89. The van der Waals surface area contributed by atoms with Crippen LogP contribution in [0.1, 0.15) is 24.4 Å². The van der Waals surface area contributed by atoms with Crippen molar-refractivity contribution in [3.63, 3.8) is 0 Å². The van der Waals surface area contributed by atoms with Gasteiger partial charge in [-0.25, -0.2) is 4.79 Å². The van der Waals surface area contributed by atoms with Crippen LogP contribution in [0.2, 0.25) is 0 Å². The summed E-state index contributed by atoms with van der Waals surface area (Å²) in [5.74, 6) is 0.640. The largest absolute Gasteiger partial charge is 0.383 e. The summed E-state index contributed by atoms with van der Waals surface area (Å²) in [6, 6.07) is 6.21. The predicted molar refractivity (Wildman–Crippen MR) is 102 cm³/mol. The third kappa shape index (κ3) is 4.32. The van der Waals surface area contributed by atoms with Gasteiger partial charge in [0.2, 0.25) is 5.56 Å². The Morgan fingerprint density at radius 3 is 2.96 bits per heavy atom. The molecule has 2 heterocycles. The van der Waals surface area contributed by atoms with Crippen LogP contribution < -0.4 is 16.2 Å². The summed E-state index contributed by atoms with van der Waals surface area (Å²) in [7, 11) is 1.62. The van der Waals surface area contributed by atoms with E-state index in [1.807, 2.05) is 24.5 Å². The standard InChI is InChI=1S/C18H22N6O3/c1-11-8-16(25)22-15-9-13(4-5-14(11)15)21-18(26)20-12(2)17-23-19-10-24(17)6-7-27-3/h4-5,8-10,12H,6-7H2,1-3H3,(H,22,25)(H2,20,21,26)/t12-/m1/s1. The number of hydrogen-bond donors (Lipinski definition) is 3. The van der Waals surface area contributed by atoms with Gasteiger partial charge in [-0.15, -0.1) is 10.2 Å². The third-order valence-corrected chi connectivity index (χ3v) is 4.22. The molecule has 0 aliphatic rings. The number of carbonyl (C=O) groups excluding carboxylic acids is 1. The van der Waals surface area contributed by atoms with Gasteiger partial charge in [-0.2, -0.15) is 0 Å². The van der Waals surface area contributed by atoms with E-state index in [1.54, 1.807) is 31.6 Å². The number of nitrogens with one attached hydrogen (secondary N) is 3. The Balaban J connectivity index is 1.69. The minimum absolute atomic E-state index is 0.175. The van der Waals surface area contributed by atoms with Gasteiger partial charge in [-0.05, 0) is 31.5 Å². The van der Waals surface area contributed by atoms with Crippen molar-refractivity contribution < 1.29 is 9.53 Å². The molecule has 0 aliphatic carbocycles. The number of aromatic amines is 1. The lowest BCUT2D eigenvalue weighted by atomic mass is 10.1. The van der Waals surface area contributed by atoms with Gasteiger partial charge in [-0.3, -0.25) is 4.79 Å². The van der Waals surface area contributed by atoms with Crippen LogP contribution in [0.5, 0.6) is 0 Å². The number of hydrogen-bond acceptors (Lipinski definition) is 5. The molecule has 1 atom stereocenters. The quantitative estimate of drug-likeness (QED) is 0.614. The number of pyridine rings is 1. The maximum atomic E-state index is 12.3. The van der Waals surface area contributed by atoms with E-state index in [0.717, 1.165) is 10.9 Å². The van der Waals surface area contributed by atoms with E-state index < -0.39 is 0 Å². The van der Waals surface area contributed by atoms with Crippen LogP contribution in [0.15, 0.2) is 35.4 Å². The van der Waals surface area contributed by atoms with Gasteiger partial charge in [0.15, 0.2) is 5.82 Å². The molecule has 0 saturated heterocycles. The molecule has 0 aliphatic heterocycles. The van der Waals surface area contributed by atoms with Crippen LogP contribution in [0, 0.1) is 6.92 Å². The fraction of sp³-hybridized carbons (Fsp3) is 0.333. The molecule has 0 fully saturated rings. The number of nitrogens with zero attached hydrogens (tertiary/aromatic N) is 3. The van der Waals surface area contributed by atoms with Crippen LogP contribution in [0.3, 0.4) is 0 Å². The first-order valence-corrected chi connectivity index (χ1v) is 8.56. The van der Waals surface area contributed by atoms with Gasteiger partial charge in [0.1, 0.15) is 6.33 Å². The molecule has 0 spiro atoms. The Morgan fingerprint density at radius 1 is 1.37 bits per heavy atom. The predicted octanol–water partition coefficient (Wildman–Crippen LogP) is 1.96. The van der Waals surface area contributed by atoms with E-state index in [0.29, 0.717) is 30.2 Å². The summed E-state index contributed by atoms with van der Waals surface area (Å²) in [4.78, 5) is 26.8. The Morgan fingerprint density at radius 2 is 2.19 bits per heavy atom. The molecule has 0 radical (unpaired) electrons. The molecule has 27 heavy (non-hydrogen) atoms. The molecule has 1 aromatic carbocycles. The normalized spacial score (nSPS) is 12.1. The van der Waals surface area contributed by atoms with Gasteiger partial charge < -0.3 is 24.9 Å². The van der Waals surface area contributed by atoms with Crippen molar-refractivity contribution in [2.75, 3.05) is 19.0 Å². The number of aryl methyl sites for hydroxylation is 1. The second-order valence-electron chi connectivity index (χ2n) is 6.27. The van der Waals surface area contributed by atoms with Crippen LogP contribution >= 0.6 is 0 Å². The summed E-state index contributed by atoms with van der Waals surface area (Å²) in [5.41, 5.74) is 1.96. The second-order valence-corrected chi connectivity index (χ2v) is 6.27. The smallest absolute Gasteiger partial charge is 0.319 e. The average molecular weight is 370 g/mol. The number of fused-ring (bicyclic) bond motifs is 1. The number of ether oxygens (including phenoxy) is 1. The first kappa shape index (κ1) is 18.6. The summed E-state index contributed by atoms with van der Waals surface area (Å²) >= 11 is 0. The van der Waals surface area contributed by atoms with Gasteiger partial charge >= 0.3 is 6.03 Å². The van der Waals surface area contributed by atoms with Gasteiger partial charge in [0, 0.05) is 30.8 Å². The van der Waals surface area contributed by atoms with Crippen LogP contribution in [-0.2, 0) is 11.3 Å². The number of amides is 2. The lowest BCUT2D eigenvalue weighted by Crippen LogP contribution is -2.32. The zero-order valence-electron chi connectivity index (χ0n) is 15.4. The maximum absolute atomic E-state index is 12.3. The molecular formula is C18H22N6O3. The summed E-state index contributed by atoms with van der Waals surface area (Å²) in [5, 5.41) is 14.5. The molecule has 2 amide bonds. The topological polar surface area (TPSA) is 114 Å². The molecule has 3 N–H and O–H groups in total. The van der Waals surface area contributed by atoms with Crippen molar-refractivity contribution in [1.29, 1.82) is 0 Å². The average Bonchev–Trinajstić information content (AvgIpc) is 3.08. The number of rotatable bonds is 6. The van der Waals surface area contributed by atoms with Crippen molar-refractivity contribution in [3.8, 4) is 0 Å². The zero-order valence-corrected chi connectivity index (χ0v) is 15.4. The number of carbonyl (C=O) groups is 1. The first-order valence-electron chi connectivity index (χ1n) is 8.56. The molecule has 0 bridgehead atoms. The molecule has 0 saturated carbocycles. The van der Waals surface area contributed by atoms with Gasteiger partial charge in [0.25, 0.3) is 0 Å². The lowest BCUT2D eigenvalue weighted by Gasteiger charge is -2.15. The number of urea groups is 1. The highest BCUT2D eigenvalue weighted by Gasteiger charge is 2.16.